The van der Waals surface area contributed by atoms with Crippen LogP contribution in [0.3, 0.4) is 0 Å². The Labute approximate surface area is 397 Å². The molecule has 0 aliphatic carbocycles. The Morgan fingerprint density at radius 3 is 1.30 bits per heavy atom. The third kappa shape index (κ3) is 48.6. The molecule has 64 heavy (non-hydrogen) atoms. The van der Waals surface area contributed by atoms with Gasteiger partial charge in [0, 0.05) is 6.42 Å². The number of phosphoric ester groups is 1. The van der Waals surface area contributed by atoms with Gasteiger partial charge in [0.15, 0.2) is 0 Å². The van der Waals surface area contributed by atoms with Crippen LogP contribution in [0.2, 0.25) is 0 Å². The predicted molar refractivity (Wildman–Crippen MR) is 275 cm³/mol. The SMILES string of the molecule is CCCCCCC/C=C\C/C=C\CCCCCCCCCCCCCC(=O)NC(COP(=O)([O-])OCC[N+](C)(C)C)C(O)/C=C/CCCCCCCCCCCCCCCCCCC. The minimum Gasteiger partial charge on any atom is -0.756 e. The molecular formula is C55H107N2O6P. The highest BCUT2D eigenvalue weighted by molar-refractivity contribution is 7.45. The van der Waals surface area contributed by atoms with Crippen molar-refractivity contribution in [1.82, 2.24) is 5.32 Å². The smallest absolute Gasteiger partial charge is 0.268 e. The summed E-state index contributed by atoms with van der Waals surface area (Å²) in [6.07, 6.45) is 59.1. The van der Waals surface area contributed by atoms with Crippen LogP contribution < -0.4 is 10.2 Å². The largest absolute Gasteiger partial charge is 0.756 e. The number of nitrogens with zero attached hydrogens (tertiary/aromatic N) is 1. The molecule has 9 heteroatoms. The number of likely N-dealkylation sites (N-methyl/N-ethyl adjacent to an activating group) is 1. The van der Waals surface area contributed by atoms with Gasteiger partial charge in [0.1, 0.15) is 13.2 Å². The molecule has 0 rings (SSSR count). The summed E-state index contributed by atoms with van der Waals surface area (Å²) < 4.78 is 23.3. The molecule has 3 unspecified atom stereocenters. The fourth-order valence-electron chi connectivity index (χ4n) is 8.01. The molecule has 2 N–H and O–H groups in total. The Balaban J connectivity index is 4.25. The van der Waals surface area contributed by atoms with Gasteiger partial charge in [0.25, 0.3) is 7.82 Å². The zero-order chi connectivity index (χ0) is 47.1. The van der Waals surface area contributed by atoms with Gasteiger partial charge in [-0.15, -0.1) is 0 Å². The molecule has 8 nitrogen and oxygen atoms in total. The molecule has 0 fully saturated rings. The van der Waals surface area contributed by atoms with Crippen LogP contribution in [0.25, 0.3) is 0 Å². The van der Waals surface area contributed by atoms with Gasteiger partial charge >= 0.3 is 0 Å². The zero-order valence-electron chi connectivity index (χ0n) is 43.0. The molecule has 0 aromatic rings. The van der Waals surface area contributed by atoms with Gasteiger partial charge < -0.3 is 28.8 Å². The van der Waals surface area contributed by atoms with Crippen molar-refractivity contribution in [3.63, 3.8) is 0 Å². The van der Waals surface area contributed by atoms with Gasteiger partial charge in [-0.1, -0.05) is 237 Å². The number of carbonyl (C=O) groups is 1. The summed E-state index contributed by atoms with van der Waals surface area (Å²) >= 11 is 0. The number of amides is 1. The summed E-state index contributed by atoms with van der Waals surface area (Å²) in [6.45, 7) is 4.66. The monoisotopic (exact) mass is 923 g/mol. The number of phosphoric acid groups is 1. The van der Waals surface area contributed by atoms with E-state index in [1.807, 2.05) is 27.2 Å². The molecular weight excluding hydrogens is 816 g/mol. The maximum Gasteiger partial charge on any atom is 0.268 e. The Morgan fingerprint density at radius 2 is 0.906 bits per heavy atom. The Bertz CT molecular complexity index is 1140. The number of aliphatic hydroxyl groups excluding tert-OH is 1. The van der Waals surface area contributed by atoms with Crippen molar-refractivity contribution in [2.24, 2.45) is 0 Å². The lowest BCUT2D eigenvalue weighted by Crippen LogP contribution is -2.45. The average Bonchev–Trinajstić information content (AvgIpc) is 3.25. The Hall–Kier alpha value is -1.28. The fraction of sp³-hybridized carbons (Fsp3) is 0.873. The summed E-state index contributed by atoms with van der Waals surface area (Å²) in [5.41, 5.74) is 0. The van der Waals surface area contributed by atoms with E-state index in [0.717, 1.165) is 44.9 Å². The third-order valence-corrected chi connectivity index (χ3v) is 13.3. The molecule has 0 radical (unpaired) electrons. The highest BCUT2D eigenvalue weighted by Gasteiger charge is 2.23. The lowest BCUT2D eigenvalue weighted by molar-refractivity contribution is -0.870. The van der Waals surface area contributed by atoms with Crippen LogP contribution in [0.4, 0.5) is 0 Å². The summed E-state index contributed by atoms with van der Waals surface area (Å²) in [6, 6.07) is -0.887. The molecule has 0 aliphatic rings. The van der Waals surface area contributed by atoms with Crippen molar-refractivity contribution in [2.75, 3.05) is 40.9 Å². The Morgan fingerprint density at radius 1 is 0.547 bits per heavy atom. The highest BCUT2D eigenvalue weighted by atomic mass is 31.2. The van der Waals surface area contributed by atoms with Crippen LogP contribution in [0, 0.1) is 0 Å². The number of carbonyl (C=O) groups excluding carboxylic acids is 1. The second kappa shape index (κ2) is 46.8. The third-order valence-electron chi connectivity index (χ3n) is 12.3. The van der Waals surface area contributed by atoms with Crippen molar-refractivity contribution in [3.8, 4) is 0 Å². The maximum atomic E-state index is 12.9. The average molecular weight is 923 g/mol. The summed E-state index contributed by atoms with van der Waals surface area (Å²) in [7, 11) is 1.27. The van der Waals surface area contributed by atoms with E-state index in [-0.39, 0.29) is 19.1 Å². The molecule has 0 saturated heterocycles. The molecule has 0 spiro atoms. The molecule has 0 aliphatic heterocycles. The molecule has 3 atom stereocenters. The van der Waals surface area contributed by atoms with Gasteiger partial charge in [-0.2, -0.15) is 0 Å². The van der Waals surface area contributed by atoms with Gasteiger partial charge in [0.05, 0.1) is 39.9 Å². The minimum atomic E-state index is -4.59. The van der Waals surface area contributed by atoms with E-state index in [1.165, 1.54) is 193 Å². The quantitative estimate of drug-likeness (QED) is 0.0272. The van der Waals surface area contributed by atoms with E-state index in [2.05, 4.69) is 43.5 Å². The molecule has 0 aromatic carbocycles. The van der Waals surface area contributed by atoms with Crippen molar-refractivity contribution in [2.45, 2.75) is 270 Å². The van der Waals surface area contributed by atoms with E-state index in [1.54, 1.807) is 6.08 Å². The Kier molecular flexibility index (Phi) is 45.9. The zero-order valence-corrected chi connectivity index (χ0v) is 43.9. The van der Waals surface area contributed by atoms with E-state index >= 15 is 0 Å². The number of nitrogens with one attached hydrogen (secondary N) is 1. The molecule has 0 bridgehead atoms. The van der Waals surface area contributed by atoms with Crippen LogP contribution in [0.5, 0.6) is 0 Å². The normalized spacial score (nSPS) is 14.3. The maximum absolute atomic E-state index is 12.9. The first kappa shape index (κ1) is 62.7. The molecule has 378 valence electrons. The summed E-state index contributed by atoms with van der Waals surface area (Å²) in [5, 5.41) is 13.9. The molecule has 0 heterocycles. The second-order valence-corrected chi connectivity index (χ2v) is 21.3. The summed E-state index contributed by atoms with van der Waals surface area (Å²) in [5.74, 6) is -0.197. The van der Waals surface area contributed by atoms with Crippen molar-refractivity contribution in [3.05, 3.63) is 36.5 Å². The van der Waals surface area contributed by atoms with Crippen LogP contribution in [0.1, 0.15) is 258 Å². The van der Waals surface area contributed by atoms with Crippen LogP contribution in [-0.2, 0) is 18.4 Å². The lowest BCUT2D eigenvalue weighted by Gasteiger charge is -2.29. The predicted octanol–water partition coefficient (Wildman–Crippen LogP) is 15.6. The number of rotatable bonds is 50. The molecule has 1 amide bonds. The van der Waals surface area contributed by atoms with Gasteiger partial charge in [-0.25, -0.2) is 0 Å². The van der Waals surface area contributed by atoms with Crippen LogP contribution >= 0.6 is 7.82 Å². The summed E-state index contributed by atoms with van der Waals surface area (Å²) in [4.78, 5) is 25.5. The van der Waals surface area contributed by atoms with E-state index in [4.69, 9.17) is 9.05 Å². The number of hydrogen-bond donors (Lipinski definition) is 2. The number of hydrogen-bond acceptors (Lipinski definition) is 6. The first-order chi connectivity index (χ1) is 31.0. The topological polar surface area (TPSA) is 108 Å². The second-order valence-electron chi connectivity index (χ2n) is 19.9. The number of aliphatic hydroxyl groups is 1. The van der Waals surface area contributed by atoms with Crippen molar-refractivity contribution < 1.29 is 32.9 Å². The van der Waals surface area contributed by atoms with Crippen LogP contribution in [0.15, 0.2) is 36.5 Å². The van der Waals surface area contributed by atoms with Gasteiger partial charge in [-0.3, -0.25) is 9.36 Å². The van der Waals surface area contributed by atoms with Gasteiger partial charge in [-0.05, 0) is 51.4 Å². The highest BCUT2D eigenvalue weighted by Crippen LogP contribution is 2.38. The first-order valence-electron chi connectivity index (χ1n) is 27.4. The lowest BCUT2D eigenvalue weighted by atomic mass is 10.0. The molecule has 0 saturated carbocycles. The van der Waals surface area contributed by atoms with E-state index in [0.29, 0.717) is 17.4 Å². The standard InChI is InChI=1S/C55H107N2O6P/c1-6-8-10-12-14-16-18-20-22-24-26-27-28-29-31-33-35-37-39-41-43-45-47-49-55(59)56-53(52-63-64(60,61)62-51-50-57(3,4)5)54(58)48-46-44-42-40-38-36-34-32-30-25-23-21-19-17-15-13-11-9-7-2/h18,20,24,26,46,48,53-54,58H,6-17,19,21-23,25,27-45,47,49-52H2,1-5H3,(H-,56,59,60,61)/b20-18-,26-24-,48-46+. The van der Waals surface area contributed by atoms with Crippen molar-refractivity contribution >= 4 is 13.7 Å². The first-order valence-corrected chi connectivity index (χ1v) is 28.8. The van der Waals surface area contributed by atoms with E-state index < -0.39 is 20.0 Å². The van der Waals surface area contributed by atoms with Crippen molar-refractivity contribution in [1.29, 1.82) is 0 Å². The minimum absolute atomic E-state index is 0.000885. The van der Waals surface area contributed by atoms with Gasteiger partial charge in [0.2, 0.25) is 5.91 Å². The van der Waals surface area contributed by atoms with E-state index in [9.17, 15) is 19.4 Å². The number of quaternary nitrogens is 1. The van der Waals surface area contributed by atoms with Crippen LogP contribution in [-0.4, -0.2) is 68.5 Å². The number of unbranched alkanes of at least 4 members (excludes halogenated alkanes) is 33. The number of allylic oxidation sites excluding steroid dienone is 5. The molecule has 0 aromatic heterocycles. The fourth-order valence-corrected chi connectivity index (χ4v) is 8.73.